The molecule has 2 aromatic heterocycles. The van der Waals surface area contributed by atoms with E-state index < -0.39 is 0 Å². The van der Waals surface area contributed by atoms with Crippen molar-refractivity contribution >= 4 is 21.4 Å². The van der Waals surface area contributed by atoms with Gasteiger partial charge >= 0.3 is 0 Å². The normalized spacial score (nSPS) is 12.9. The highest BCUT2D eigenvalue weighted by molar-refractivity contribution is 7.17. The molecule has 18 heavy (non-hydrogen) atoms. The number of nitrogens with one attached hydrogen (secondary N) is 1. The first kappa shape index (κ1) is 11.5. The highest BCUT2D eigenvalue weighted by Gasteiger charge is 2.15. The average molecular weight is 258 g/mol. The average Bonchev–Trinajstić information content (AvgIpc) is 3.06. The monoisotopic (exact) mass is 258 g/mol. The molecule has 3 rings (SSSR count). The smallest absolute Gasteiger partial charge is 0.122 e. The van der Waals surface area contributed by atoms with Crippen LogP contribution in [0.5, 0.6) is 0 Å². The fourth-order valence-electron chi connectivity index (χ4n) is 2.14. The van der Waals surface area contributed by atoms with Crippen LogP contribution in [0, 0.1) is 0 Å². The second kappa shape index (κ2) is 4.94. The molecule has 0 aliphatic carbocycles. The Kier molecular flexibility index (Phi) is 3.15. The van der Waals surface area contributed by atoms with Gasteiger partial charge in [-0.2, -0.15) is 0 Å². The molecule has 0 amide bonds. The number of benzene rings is 1. The minimum atomic E-state index is 0.0120. The lowest BCUT2D eigenvalue weighted by molar-refractivity contribution is 0.416. The third-order valence-electron chi connectivity index (χ3n) is 3.07. The summed E-state index contributed by atoms with van der Waals surface area (Å²) in [6, 6.07) is 12.3. The molecule has 0 bridgehead atoms. The number of fused-ring (bicyclic) bond motifs is 1. The second-order valence-electron chi connectivity index (χ2n) is 4.20. The lowest BCUT2D eigenvalue weighted by atomic mass is 10.0. The van der Waals surface area contributed by atoms with E-state index in [1.54, 1.807) is 17.6 Å². The van der Waals surface area contributed by atoms with Crippen LogP contribution < -0.4 is 11.3 Å². The second-order valence-corrected chi connectivity index (χ2v) is 5.11. The van der Waals surface area contributed by atoms with Crippen molar-refractivity contribution in [2.75, 3.05) is 0 Å². The number of thiophene rings is 1. The third kappa shape index (κ3) is 2.06. The summed E-state index contributed by atoms with van der Waals surface area (Å²) in [5.74, 6) is 6.49. The standard InChI is InChI=1S/C14H14N2OS/c15-16-12(13-5-3-7-17-13)8-10-9-18-14-6-2-1-4-11(10)14/h1-7,9,12,16H,8,15H2. The van der Waals surface area contributed by atoms with E-state index in [9.17, 15) is 0 Å². The molecule has 4 heteroatoms. The molecule has 3 N–H and O–H groups in total. The lowest BCUT2D eigenvalue weighted by Gasteiger charge is -2.12. The van der Waals surface area contributed by atoms with Crippen molar-refractivity contribution in [3.8, 4) is 0 Å². The van der Waals surface area contributed by atoms with Crippen molar-refractivity contribution in [1.82, 2.24) is 5.43 Å². The Morgan fingerprint density at radius 2 is 2.11 bits per heavy atom. The molecule has 0 fully saturated rings. The van der Waals surface area contributed by atoms with E-state index in [0.29, 0.717) is 0 Å². The Morgan fingerprint density at radius 1 is 1.22 bits per heavy atom. The first-order chi connectivity index (χ1) is 8.88. The van der Waals surface area contributed by atoms with Crippen LogP contribution in [0.4, 0.5) is 0 Å². The summed E-state index contributed by atoms with van der Waals surface area (Å²) >= 11 is 1.76. The van der Waals surface area contributed by atoms with Gasteiger partial charge in [-0.1, -0.05) is 18.2 Å². The Bertz CT molecular complexity index is 630. The molecule has 1 atom stereocenters. The zero-order valence-electron chi connectivity index (χ0n) is 9.80. The molecule has 1 aromatic carbocycles. The van der Waals surface area contributed by atoms with Crippen LogP contribution in [0.15, 0.2) is 52.5 Å². The molecular weight excluding hydrogens is 244 g/mol. The van der Waals surface area contributed by atoms with Crippen LogP contribution in [-0.2, 0) is 6.42 Å². The highest BCUT2D eigenvalue weighted by atomic mass is 32.1. The van der Waals surface area contributed by atoms with E-state index in [2.05, 4.69) is 35.1 Å². The Hall–Kier alpha value is -1.62. The van der Waals surface area contributed by atoms with Crippen LogP contribution in [0.2, 0.25) is 0 Å². The van der Waals surface area contributed by atoms with Crippen molar-refractivity contribution < 1.29 is 4.42 Å². The predicted octanol–water partition coefficient (Wildman–Crippen LogP) is 3.24. The molecule has 0 saturated heterocycles. The van der Waals surface area contributed by atoms with Crippen LogP contribution in [0.1, 0.15) is 17.4 Å². The third-order valence-corrected chi connectivity index (χ3v) is 4.09. The van der Waals surface area contributed by atoms with E-state index in [1.807, 2.05) is 12.1 Å². The van der Waals surface area contributed by atoms with Crippen molar-refractivity contribution in [3.05, 3.63) is 59.4 Å². The Morgan fingerprint density at radius 3 is 2.89 bits per heavy atom. The van der Waals surface area contributed by atoms with Gasteiger partial charge in [0.1, 0.15) is 5.76 Å². The van der Waals surface area contributed by atoms with Gasteiger partial charge in [0.25, 0.3) is 0 Å². The topological polar surface area (TPSA) is 51.2 Å². The summed E-state index contributed by atoms with van der Waals surface area (Å²) < 4.78 is 6.72. The van der Waals surface area contributed by atoms with Crippen molar-refractivity contribution in [3.63, 3.8) is 0 Å². The van der Waals surface area contributed by atoms with Crippen molar-refractivity contribution in [2.45, 2.75) is 12.5 Å². The molecular formula is C14H14N2OS. The molecule has 0 spiro atoms. The van der Waals surface area contributed by atoms with Gasteiger partial charge in [-0.15, -0.1) is 11.3 Å². The van der Waals surface area contributed by atoms with Gasteiger partial charge in [0, 0.05) is 4.70 Å². The van der Waals surface area contributed by atoms with Gasteiger partial charge in [-0.3, -0.25) is 5.84 Å². The molecule has 92 valence electrons. The van der Waals surface area contributed by atoms with E-state index in [0.717, 1.165) is 12.2 Å². The van der Waals surface area contributed by atoms with E-state index in [1.165, 1.54) is 15.6 Å². The van der Waals surface area contributed by atoms with Gasteiger partial charge < -0.3 is 4.42 Å². The van der Waals surface area contributed by atoms with Gasteiger partial charge in [-0.25, -0.2) is 5.43 Å². The highest BCUT2D eigenvalue weighted by Crippen LogP contribution is 2.29. The van der Waals surface area contributed by atoms with Crippen molar-refractivity contribution in [2.24, 2.45) is 5.84 Å². The summed E-state index contributed by atoms with van der Waals surface area (Å²) in [6.07, 6.45) is 2.50. The predicted molar refractivity (Wildman–Crippen MR) is 74.3 cm³/mol. The lowest BCUT2D eigenvalue weighted by Crippen LogP contribution is -2.29. The molecule has 3 nitrogen and oxygen atoms in total. The van der Waals surface area contributed by atoms with E-state index >= 15 is 0 Å². The maximum Gasteiger partial charge on any atom is 0.122 e. The number of furan rings is 1. The summed E-state index contributed by atoms with van der Waals surface area (Å²) in [5, 5.41) is 3.49. The number of hydrazine groups is 1. The first-order valence-corrected chi connectivity index (χ1v) is 6.71. The maximum absolute atomic E-state index is 5.62. The fraction of sp³-hybridized carbons (Fsp3) is 0.143. The molecule has 0 aliphatic rings. The number of hydrogen-bond donors (Lipinski definition) is 2. The zero-order valence-corrected chi connectivity index (χ0v) is 10.6. The van der Waals surface area contributed by atoms with Gasteiger partial charge in [0.2, 0.25) is 0 Å². The summed E-state index contributed by atoms with van der Waals surface area (Å²) in [4.78, 5) is 0. The number of hydrogen-bond acceptors (Lipinski definition) is 4. The molecule has 0 aliphatic heterocycles. The minimum Gasteiger partial charge on any atom is -0.468 e. The van der Waals surface area contributed by atoms with Gasteiger partial charge in [-0.05, 0) is 40.9 Å². The Balaban J connectivity index is 1.91. The molecule has 1 unspecified atom stereocenters. The largest absolute Gasteiger partial charge is 0.468 e. The first-order valence-electron chi connectivity index (χ1n) is 5.83. The fourth-order valence-corrected chi connectivity index (χ4v) is 3.12. The van der Waals surface area contributed by atoms with Crippen LogP contribution in [-0.4, -0.2) is 0 Å². The van der Waals surface area contributed by atoms with E-state index in [4.69, 9.17) is 10.3 Å². The van der Waals surface area contributed by atoms with E-state index in [-0.39, 0.29) is 6.04 Å². The molecule has 2 heterocycles. The molecule has 0 saturated carbocycles. The summed E-state index contributed by atoms with van der Waals surface area (Å²) in [5.41, 5.74) is 4.12. The van der Waals surface area contributed by atoms with Crippen molar-refractivity contribution in [1.29, 1.82) is 0 Å². The van der Waals surface area contributed by atoms with Crippen LogP contribution in [0.25, 0.3) is 10.1 Å². The van der Waals surface area contributed by atoms with Gasteiger partial charge in [0.15, 0.2) is 0 Å². The Labute approximate surface area is 109 Å². The summed E-state index contributed by atoms with van der Waals surface area (Å²) in [6.45, 7) is 0. The summed E-state index contributed by atoms with van der Waals surface area (Å²) in [7, 11) is 0. The minimum absolute atomic E-state index is 0.0120. The number of rotatable bonds is 4. The molecule has 3 aromatic rings. The number of nitrogens with two attached hydrogens (primary N) is 1. The van der Waals surface area contributed by atoms with Crippen LogP contribution in [0.3, 0.4) is 0 Å². The zero-order chi connectivity index (χ0) is 12.4. The maximum atomic E-state index is 5.62. The SMILES string of the molecule is NNC(Cc1csc2ccccc12)c1ccco1. The quantitative estimate of drug-likeness (QED) is 0.558. The van der Waals surface area contributed by atoms with Crippen LogP contribution >= 0.6 is 11.3 Å². The van der Waals surface area contributed by atoms with Gasteiger partial charge in [0.05, 0.1) is 12.3 Å². The molecule has 0 radical (unpaired) electrons.